The second-order valence-corrected chi connectivity index (χ2v) is 5.08. The molecule has 0 aliphatic carbocycles. The Kier molecular flexibility index (Phi) is 4.44. The van der Waals surface area contributed by atoms with Crippen molar-refractivity contribution in [2.75, 3.05) is 5.75 Å². The average Bonchev–Trinajstić information content (AvgIpc) is 1.98. The molecule has 0 heterocycles. The predicted octanol–water partition coefficient (Wildman–Crippen LogP) is -0.139. The van der Waals surface area contributed by atoms with E-state index in [1.807, 2.05) is 0 Å². The van der Waals surface area contributed by atoms with Crippen molar-refractivity contribution >= 4 is 21.4 Å². The minimum Gasteiger partial charge on any atom is -0.298 e. The van der Waals surface area contributed by atoms with E-state index in [4.69, 9.17) is 5.26 Å². The molecule has 0 saturated heterocycles. The number of nitriles is 1. The fourth-order valence-electron chi connectivity index (χ4n) is 1.10. The summed E-state index contributed by atoms with van der Waals surface area (Å²) < 4.78 is 22.8. The maximum absolute atomic E-state index is 11.4. The van der Waals surface area contributed by atoms with Crippen LogP contribution in [0.25, 0.3) is 0 Å². The number of Topliss-reactive ketones (excluding diaryl/α,β-unsaturated/α-hetero) is 2. The maximum atomic E-state index is 11.4. The Morgan fingerprint density at radius 2 is 1.71 bits per heavy atom. The number of ketones is 2. The summed E-state index contributed by atoms with van der Waals surface area (Å²) in [6.45, 7) is 2.10. The van der Waals surface area contributed by atoms with E-state index in [-0.39, 0.29) is 6.42 Å². The molecule has 0 spiro atoms. The maximum Gasteiger partial charge on any atom is 0.177 e. The van der Waals surface area contributed by atoms with Crippen molar-refractivity contribution in [1.29, 1.82) is 5.26 Å². The summed E-state index contributed by atoms with van der Waals surface area (Å²) >= 11 is 0. The van der Waals surface area contributed by atoms with Crippen LogP contribution in [0.2, 0.25) is 0 Å². The van der Waals surface area contributed by atoms with Crippen molar-refractivity contribution in [2.45, 2.75) is 25.5 Å². The molecule has 0 rings (SSSR count). The van der Waals surface area contributed by atoms with E-state index in [0.717, 1.165) is 13.8 Å². The lowest BCUT2D eigenvalue weighted by Crippen LogP contribution is -2.36. The molecule has 0 unspecified atom stereocenters. The first-order chi connectivity index (χ1) is 6.33. The smallest absolute Gasteiger partial charge is 0.177 e. The molecule has 0 N–H and O–H groups in total. The van der Waals surface area contributed by atoms with Gasteiger partial charge in [0.15, 0.2) is 26.7 Å². The predicted molar refractivity (Wildman–Crippen MR) is 49.2 cm³/mol. The van der Waals surface area contributed by atoms with Gasteiger partial charge in [0.25, 0.3) is 0 Å². The van der Waals surface area contributed by atoms with Crippen LogP contribution in [0, 0.1) is 11.3 Å². The number of sulfone groups is 1. The molecule has 0 fully saturated rings. The molecule has 0 aliphatic rings. The summed E-state index contributed by atoms with van der Waals surface area (Å²) in [5.41, 5.74) is 0. The SMILES string of the molecule is CC(=O)C(C(C)=O)S(=O)(=O)CCC#N. The van der Waals surface area contributed by atoms with Crippen molar-refractivity contribution in [3.05, 3.63) is 0 Å². The Bertz CT molecular complexity index is 363. The molecule has 14 heavy (non-hydrogen) atoms. The fourth-order valence-corrected chi connectivity index (χ4v) is 2.72. The molecule has 0 aromatic carbocycles. The second kappa shape index (κ2) is 4.86. The van der Waals surface area contributed by atoms with E-state index < -0.39 is 32.4 Å². The summed E-state index contributed by atoms with van der Waals surface area (Å²) in [6, 6.07) is 1.65. The van der Waals surface area contributed by atoms with Gasteiger partial charge in [-0.3, -0.25) is 9.59 Å². The molecule has 0 aromatic heterocycles. The van der Waals surface area contributed by atoms with Crippen LogP contribution >= 0.6 is 0 Å². The van der Waals surface area contributed by atoms with E-state index in [9.17, 15) is 18.0 Å². The standard InChI is InChI=1S/C8H11NO4S/c1-6(10)8(7(2)11)14(12,13)5-3-4-9/h8H,3,5H2,1-2H3. The quantitative estimate of drug-likeness (QED) is 0.598. The van der Waals surface area contributed by atoms with Crippen LogP contribution in [0.1, 0.15) is 20.3 Å². The van der Waals surface area contributed by atoms with Crippen LogP contribution < -0.4 is 0 Å². The van der Waals surface area contributed by atoms with Crippen molar-refractivity contribution < 1.29 is 18.0 Å². The molecule has 0 aliphatic heterocycles. The van der Waals surface area contributed by atoms with Gasteiger partial charge in [-0.15, -0.1) is 0 Å². The van der Waals surface area contributed by atoms with Gasteiger partial charge >= 0.3 is 0 Å². The minimum atomic E-state index is -3.80. The van der Waals surface area contributed by atoms with Gasteiger partial charge in [-0.2, -0.15) is 5.26 Å². The molecule has 6 heteroatoms. The van der Waals surface area contributed by atoms with Crippen LogP contribution in [0.15, 0.2) is 0 Å². The fraction of sp³-hybridized carbons (Fsp3) is 0.625. The first-order valence-electron chi connectivity index (χ1n) is 3.92. The third-order valence-corrected chi connectivity index (χ3v) is 3.75. The lowest BCUT2D eigenvalue weighted by Gasteiger charge is -2.09. The van der Waals surface area contributed by atoms with Gasteiger partial charge in [0.05, 0.1) is 11.8 Å². The van der Waals surface area contributed by atoms with Gasteiger partial charge in [0.1, 0.15) is 0 Å². The van der Waals surface area contributed by atoms with Crippen molar-refractivity contribution in [3.63, 3.8) is 0 Å². The van der Waals surface area contributed by atoms with Crippen molar-refractivity contribution in [1.82, 2.24) is 0 Å². The Morgan fingerprint density at radius 3 is 2.00 bits per heavy atom. The number of rotatable bonds is 5. The summed E-state index contributed by atoms with van der Waals surface area (Å²) in [7, 11) is -3.80. The molecule has 0 radical (unpaired) electrons. The Morgan fingerprint density at radius 1 is 1.29 bits per heavy atom. The van der Waals surface area contributed by atoms with E-state index in [1.54, 1.807) is 6.07 Å². The molecule has 0 amide bonds. The van der Waals surface area contributed by atoms with Crippen LogP contribution in [-0.4, -0.2) is 31.0 Å². The van der Waals surface area contributed by atoms with E-state index >= 15 is 0 Å². The zero-order valence-corrected chi connectivity index (χ0v) is 8.80. The summed E-state index contributed by atoms with van der Waals surface area (Å²) in [4.78, 5) is 21.8. The van der Waals surface area contributed by atoms with Crippen molar-refractivity contribution in [2.24, 2.45) is 0 Å². The molecule has 0 saturated carbocycles. The Hall–Kier alpha value is -1.22. The van der Waals surface area contributed by atoms with E-state index in [1.165, 1.54) is 0 Å². The molecular formula is C8H11NO4S. The van der Waals surface area contributed by atoms with Gasteiger partial charge < -0.3 is 0 Å². The molecule has 78 valence electrons. The van der Waals surface area contributed by atoms with Gasteiger partial charge in [0.2, 0.25) is 0 Å². The monoisotopic (exact) mass is 217 g/mol. The summed E-state index contributed by atoms with van der Waals surface area (Å²) in [5, 5.41) is 6.60. The zero-order valence-electron chi connectivity index (χ0n) is 7.98. The lowest BCUT2D eigenvalue weighted by atomic mass is 10.2. The summed E-state index contributed by atoms with van der Waals surface area (Å²) in [5.74, 6) is -1.85. The van der Waals surface area contributed by atoms with E-state index in [0.29, 0.717) is 0 Å². The lowest BCUT2D eigenvalue weighted by molar-refractivity contribution is -0.124. The average molecular weight is 217 g/mol. The van der Waals surface area contributed by atoms with Gasteiger partial charge in [-0.05, 0) is 13.8 Å². The van der Waals surface area contributed by atoms with Crippen molar-refractivity contribution in [3.8, 4) is 6.07 Å². The molecule has 0 aromatic rings. The van der Waals surface area contributed by atoms with Gasteiger partial charge in [0, 0.05) is 6.42 Å². The van der Waals surface area contributed by atoms with Crippen LogP contribution in [0.4, 0.5) is 0 Å². The molecule has 5 nitrogen and oxygen atoms in total. The Labute approximate surface area is 82.6 Å². The first-order valence-corrected chi connectivity index (χ1v) is 5.64. The number of carbonyl (C=O) groups is 2. The largest absolute Gasteiger partial charge is 0.298 e. The first kappa shape index (κ1) is 12.8. The van der Waals surface area contributed by atoms with Crippen LogP contribution in [0.3, 0.4) is 0 Å². The zero-order chi connectivity index (χ0) is 11.4. The third-order valence-electron chi connectivity index (χ3n) is 1.60. The number of carbonyl (C=O) groups excluding carboxylic acids is 2. The minimum absolute atomic E-state index is 0.209. The Balaban J connectivity index is 4.94. The number of nitrogens with zero attached hydrogens (tertiary/aromatic N) is 1. The highest BCUT2D eigenvalue weighted by molar-refractivity contribution is 7.93. The number of hydrogen-bond donors (Lipinski definition) is 0. The second-order valence-electron chi connectivity index (χ2n) is 2.88. The topological polar surface area (TPSA) is 92.1 Å². The van der Waals surface area contributed by atoms with Crippen LogP contribution in [-0.2, 0) is 19.4 Å². The van der Waals surface area contributed by atoms with Gasteiger partial charge in [-0.25, -0.2) is 8.42 Å². The molecule has 0 bridgehead atoms. The summed E-state index contributed by atoms with van der Waals surface area (Å²) in [6.07, 6.45) is -0.209. The number of hydrogen-bond acceptors (Lipinski definition) is 5. The highest BCUT2D eigenvalue weighted by Crippen LogP contribution is 2.07. The van der Waals surface area contributed by atoms with Gasteiger partial charge in [-0.1, -0.05) is 0 Å². The molecular weight excluding hydrogens is 206 g/mol. The third kappa shape index (κ3) is 3.26. The normalized spacial score (nSPS) is 11.0. The highest BCUT2D eigenvalue weighted by atomic mass is 32.2. The van der Waals surface area contributed by atoms with E-state index in [2.05, 4.69) is 0 Å². The molecule has 0 atom stereocenters. The van der Waals surface area contributed by atoms with Crippen LogP contribution in [0.5, 0.6) is 0 Å². The highest BCUT2D eigenvalue weighted by Gasteiger charge is 2.33.